The van der Waals surface area contributed by atoms with E-state index in [9.17, 15) is 0 Å². The Hall–Kier alpha value is -3.15. The highest BCUT2D eigenvalue weighted by Crippen LogP contribution is 2.28. The molecule has 2 rings (SSSR count). The molecule has 0 unspecified atom stereocenters. The summed E-state index contributed by atoms with van der Waals surface area (Å²) in [6.07, 6.45) is 1.73. The number of rotatable bonds is 10. The fraction of sp³-hybridized carbons (Fsp3) is 0.318. The third-order valence-corrected chi connectivity index (χ3v) is 3.99. The molecule has 0 radical (unpaired) electrons. The summed E-state index contributed by atoms with van der Waals surface area (Å²) >= 11 is 0. The predicted molar refractivity (Wildman–Crippen MR) is 113 cm³/mol. The highest BCUT2D eigenvalue weighted by molar-refractivity contribution is 5.79. The van der Waals surface area contributed by atoms with Crippen molar-refractivity contribution in [1.82, 2.24) is 10.6 Å². The van der Waals surface area contributed by atoms with Crippen LogP contribution in [-0.4, -0.2) is 33.3 Å². The summed E-state index contributed by atoms with van der Waals surface area (Å²) in [7, 11) is 3.38. The van der Waals surface area contributed by atoms with Gasteiger partial charge in [-0.3, -0.25) is 4.99 Å². The molecule has 0 spiro atoms. The Morgan fingerprint density at radius 3 is 2.54 bits per heavy atom. The third kappa shape index (κ3) is 6.23. The molecule has 28 heavy (non-hydrogen) atoms. The van der Waals surface area contributed by atoms with E-state index in [1.807, 2.05) is 49.4 Å². The standard InChI is InChI=1S/C22H29N3O3/c1-5-13-28-19-10-8-7-9-18(19)16-25-22(23-3)24-15-17-11-12-20(27-6-2)21(14-17)26-4/h5,7-12,14H,1,6,13,15-16H2,2-4H3,(H2,23,24,25). The van der Waals surface area contributed by atoms with Crippen LogP contribution in [0.25, 0.3) is 0 Å². The van der Waals surface area contributed by atoms with Gasteiger partial charge in [-0.1, -0.05) is 36.9 Å². The topological polar surface area (TPSA) is 64.1 Å². The van der Waals surface area contributed by atoms with Crippen LogP contribution in [0.2, 0.25) is 0 Å². The second-order valence-electron chi connectivity index (χ2n) is 5.90. The lowest BCUT2D eigenvalue weighted by molar-refractivity contribution is 0.310. The lowest BCUT2D eigenvalue weighted by Gasteiger charge is -2.15. The van der Waals surface area contributed by atoms with Crippen LogP contribution in [0.15, 0.2) is 60.1 Å². The summed E-state index contributed by atoms with van der Waals surface area (Å²) in [5.74, 6) is 3.00. The number of nitrogens with zero attached hydrogens (tertiary/aromatic N) is 1. The van der Waals surface area contributed by atoms with Crippen LogP contribution >= 0.6 is 0 Å². The number of guanidine groups is 1. The third-order valence-electron chi connectivity index (χ3n) is 3.99. The van der Waals surface area contributed by atoms with Crippen LogP contribution in [0, 0.1) is 0 Å². The Morgan fingerprint density at radius 2 is 1.82 bits per heavy atom. The Bertz CT molecular complexity index is 790. The molecule has 150 valence electrons. The SMILES string of the molecule is C=CCOc1ccccc1CNC(=NC)NCc1ccc(OCC)c(OC)c1. The van der Waals surface area contributed by atoms with Crippen molar-refractivity contribution in [2.24, 2.45) is 4.99 Å². The highest BCUT2D eigenvalue weighted by atomic mass is 16.5. The van der Waals surface area contributed by atoms with E-state index in [0.29, 0.717) is 32.3 Å². The van der Waals surface area contributed by atoms with Gasteiger partial charge in [0.1, 0.15) is 12.4 Å². The van der Waals surface area contributed by atoms with Gasteiger partial charge in [0.25, 0.3) is 0 Å². The molecule has 2 N–H and O–H groups in total. The zero-order valence-corrected chi connectivity index (χ0v) is 16.8. The molecule has 0 bridgehead atoms. The van der Waals surface area contributed by atoms with Gasteiger partial charge in [-0.2, -0.15) is 0 Å². The molecular weight excluding hydrogens is 354 g/mol. The van der Waals surface area contributed by atoms with Gasteiger partial charge in [-0.15, -0.1) is 0 Å². The average molecular weight is 383 g/mol. The quantitative estimate of drug-likeness (QED) is 0.373. The smallest absolute Gasteiger partial charge is 0.191 e. The number of nitrogens with one attached hydrogen (secondary N) is 2. The molecule has 6 heteroatoms. The second-order valence-corrected chi connectivity index (χ2v) is 5.90. The molecule has 6 nitrogen and oxygen atoms in total. The molecular formula is C22H29N3O3. The first-order valence-electron chi connectivity index (χ1n) is 9.27. The first kappa shape index (κ1) is 21.2. The Labute approximate surface area is 167 Å². The van der Waals surface area contributed by atoms with Gasteiger partial charge in [0.05, 0.1) is 13.7 Å². The minimum absolute atomic E-state index is 0.476. The maximum atomic E-state index is 5.69. The van der Waals surface area contributed by atoms with E-state index in [-0.39, 0.29) is 0 Å². The Kier molecular flexibility index (Phi) is 8.72. The highest BCUT2D eigenvalue weighted by Gasteiger charge is 2.07. The summed E-state index contributed by atoms with van der Waals surface area (Å²) in [6.45, 7) is 7.92. The number of benzene rings is 2. The van der Waals surface area contributed by atoms with Crippen molar-refractivity contribution >= 4 is 5.96 Å². The van der Waals surface area contributed by atoms with E-state index < -0.39 is 0 Å². The first-order chi connectivity index (χ1) is 13.7. The zero-order chi connectivity index (χ0) is 20.2. The molecule has 0 atom stereocenters. The summed E-state index contributed by atoms with van der Waals surface area (Å²) in [6, 6.07) is 13.8. The monoisotopic (exact) mass is 383 g/mol. The Morgan fingerprint density at radius 1 is 1.04 bits per heavy atom. The molecule has 0 aromatic heterocycles. The van der Waals surface area contributed by atoms with Gasteiger partial charge >= 0.3 is 0 Å². The van der Waals surface area contributed by atoms with E-state index in [1.165, 1.54) is 0 Å². The normalized spacial score (nSPS) is 10.9. The van der Waals surface area contributed by atoms with Crippen molar-refractivity contribution in [2.75, 3.05) is 27.4 Å². The van der Waals surface area contributed by atoms with Crippen molar-refractivity contribution < 1.29 is 14.2 Å². The van der Waals surface area contributed by atoms with Gasteiger partial charge < -0.3 is 24.8 Å². The molecule has 0 saturated heterocycles. The van der Waals surface area contributed by atoms with Crippen LogP contribution in [0.1, 0.15) is 18.1 Å². The van der Waals surface area contributed by atoms with E-state index in [4.69, 9.17) is 14.2 Å². The van der Waals surface area contributed by atoms with Crippen LogP contribution in [0.5, 0.6) is 17.2 Å². The summed E-state index contributed by atoms with van der Waals surface area (Å²) < 4.78 is 16.7. The van der Waals surface area contributed by atoms with Gasteiger partial charge in [-0.05, 0) is 30.7 Å². The number of para-hydroxylation sites is 1. The van der Waals surface area contributed by atoms with E-state index in [2.05, 4.69) is 22.2 Å². The zero-order valence-electron chi connectivity index (χ0n) is 16.8. The molecule has 0 aliphatic carbocycles. The van der Waals surface area contributed by atoms with E-state index in [1.54, 1.807) is 20.2 Å². The molecule has 0 amide bonds. The van der Waals surface area contributed by atoms with Crippen LogP contribution in [0.3, 0.4) is 0 Å². The van der Waals surface area contributed by atoms with Gasteiger partial charge in [-0.25, -0.2) is 0 Å². The van der Waals surface area contributed by atoms with Crippen molar-refractivity contribution in [1.29, 1.82) is 0 Å². The maximum Gasteiger partial charge on any atom is 0.191 e. The van der Waals surface area contributed by atoms with Crippen molar-refractivity contribution in [3.8, 4) is 17.2 Å². The fourth-order valence-electron chi connectivity index (χ4n) is 2.62. The molecule has 2 aromatic rings. The van der Waals surface area contributed by atoms with Crippen molar-refractivity contribution in [3.05, 3.63) is 66.2 Å². The van der Waals surface area contributed by atoms with Crippen molar-refractivity contribution in [3.63, 3.8) is 0 Å². The second kappa shape index (κ2) is 11.5. The molecule has 0 aliphatic rings. The molecule has 0 saturated carbocycles. The average Bonchev–Trinajstić information content (AvgIpc) is 2.74. The minimum Gasteiger partial charge on any atom is -0.493 e. The van der Waals surface area contributed by atoms with Crippen molar-refractivity contribution in [2.45, 2.75) is 20.0 Å². The predicted octanol–water partition coefficient (Wildman–Crippen LogP) is 3.52. The van der Waals surface area contributed by atoms with Gasteiger partial charge in [0.2, 0.25) is 0 Å². The Balaban J connectivity index is 1.94. The van der Waals surface area contributed by atoms with E-state index in [0.717, 1.165) is 28.4 Å². The number of ether oxygens (including phenoxy) is 3. The maximum absolute atomic E-state index is 5.69. The molecule has 0 heterocycles. The van der Waals surface area contributed by atoms with Gasteiger partial charge in [0.15, 0.2) is 17.5 Å². The number of hydrogen-bond acceptors (Lipinski definition) is 4. The number of hydrogen-bond donors (Lipinski definition) is 2. The first-order valence-corrected chi connectivity index (χ1v) is 9.27. The summed E-state index contributed by atoms with van der Waals surface area (Å²) in [5.41, 5.74) is 2.12. The number of methoxy groups -OCH3 is 1. The largest absolute Gasteiger partial charge is 0.493 e. The van der Waals surface area contributed by atoms with Crippen LogP contribution in [0.4, 0.5) is 0 Å². The molecule has 2 aromatic carbocycles. The number of aliphatic imine (C=N–C) groups is 1. The molecule has 0 fully saturated rings. The lowest BCUT2D eigenvalue weighted by atomic mass is 10.2. The minimum atomic E-state index is 0.476. The summed E-state index contributed by atoms with van der Waals surface area (Å²) in [5, 5.41) is 6.62. The summed E-state index contributed by atoms with van der Waals surface area (Å²) in [4.78, 5) is 4.28. The van der Waals surface area contributed by atoms with Crippen LogP contribution in [-0.2, 0) is 13.1 Å². The molecule has 0 aliphatic heterocycles. The van der Waals surface area contributed by atoms with Crippen LogP contribution < -0.4 is 24.8 Å². The van der Waals surface area contributed by atoms with Gasteiger partial charge in [0, 0.05) is 25.7 Å². The van der Waals surface area contributed by atoms with E-state index >= 15 is 0 Å². The lowest BCUT2D eigenvalue weighted by Crippen LogP contribution is -2.36. The fourth-order valence-corrected chi connectivity index (χ4v) is 2.62.